The van der Waals surface area contributed by atoms with E-state index in [1.807, 2.05) is 31.2 Å². The number of nitrogens with one attached hydrogen (secondary N) is 1. The Morgan fingerprint density at radius 3 is 2.57 bits per heavy atom. The molecule has 146 valence electrons. The molecule has 28 heavy (non-hydrogen) atoms. The van der Waals surface area contributed by atoms with Crippen molar-refractivity contribution < 1.29 is 19.1 Å². The monoisotopic (exact) mass is 380 g/mol. The van der Waals surface area contributed by atoms with Crippen LogP contribution in [0.1, 0.15) is 26.3 Å². The van der Waals surface area contributed by atoms with Crippen molar-refractivity contribution in [1.82, 2.24) is 0 Å². The normalized spacial score (nSPS) is 17.8. The van der Waals surface area contributed by atoms with Crippen LogP contribution in [0.15, 0.2) is 42.5 Å². The molecule has 0 saturated heterocycles. The number of hydrogen-bond acceptors (Lipinski definition) is 4. The Hall–Kier alpha value is -3.02. The molecule has 0 aromatic heterocycles. The summed E-state index contributed by atoms with van der Waals surface area (Å²) in [5.41, 5.74) is 1.37. The van der Waals surface area contributed by atoms with E-state index in [4.69, 9.17) is 9.47 Å². The number of carbonyl (C=O) groups excluding carboxylic acids is 2. The summed E-state index contributed by atoms with van der Waals surface area (Å²) in [5.74, 6) is 0.683. The molecule has 1 N–H and O–H groups in total. The molecule has 1 unspecified atom stereocenters. The Bertz CT molecular complexity index is 938. The van der Waals surface area contributed by atoms with Crippen molar-refractivity contribution in [2.75, 3.05) is 23.4 Å². The molecule has 0 saturated carbocycles. The molecule has 4 rings (SSSR count). The Morgan fingerprint density at radius 2 is 1.79 bits per heavy atom. The number of nitrogens with zero attached hydrogens (tertiary/aromatic N) is 1. The third kappa shape index (κ3) is 3.09. The van der Waals surface area contributed by atoms with Crippen LogP contribution in [0.2, 0.25) is 0 Å². The summed E-state index contributed by atoms with van der Waals surface area (Å²) in [6, 6.07) is 13.1. The van der Waals surface area contributed by atoms with Gasteiger partial charge < -0.3 is 19.7 Å². The van der Waals surface area contributed by atoms with Crippen molar-refractivity contribution in [3.63, 3.8) is 0 Å². The van der Waals surface area contributed by atoms with Crippen LogP contribution in [0.4, 0.5) is 11.4 Å². The fraction of sp³-hybridized carbons (Fsp3) is 0.364. The van der Waals surface area contributed by atoms with Crippen molar-refractivity contribution >= 4 is 23.2 Å². The molecular weight excluding hydrogens is 356 g/mol. The summed E-state index contributed by atoms with van der Waals surface area (Å²) in [6.07, 6.45) is 0.793. The molecule has 0 radical (unpaired) electrons. The van der Waals surface area contributed by atoms with Gasteiger partial charge in [-0.15, -0.1) is 0 Å². The van der Waals surface area contributed by atoms with Crippen LogP contribution < -0.4 is 19.7 Å². The van der Waals surface area contributed by atoms with E-state index < -0.39 is 5.41 Å². The van der Waals surface area contributed by atoms with Gasteiger partial charge in [-0.1, -0.05) is 18.2 Å². The maximum absolute atomic E-state index is 13.3. The summed E-state index contributed by atoms with van der Waals surface area (Å²) in [4.78, 5) is 28.1. The summed E-state index contributed by atoms with van der Waals surface area (Å²) >= 11 is 0. The molecule has 1 atom stereocenters. The third-order valence-corrected chi connectivity index (χ3v) is 5.33. The van der Waals surface area contributed by atoms with E-state index in [0.29, 0.717) is 30.4 Å². The lowest BCUT2D eigenvalue weighted by Gasteiger charge is -2.31. The van der Waals surface area contributed by atoms with Crippen molar-refractivity contribution in [1.29, 1.82) is 0 Å². The molecule has 2 aromatic carbocycles. The van der Waals surface area contributed by atoms with Gasteiger partial charge in [0.25, 0.3) is 0 Å². The molecule has 2 aliphatic heterocycles. The van der Waals surface area contributed by atoms with Gasteiger partial charge in [0.15, 0.2) is 11.5 Å². The molecular formula is C22H24N2O4. The van der Waals surface area contributed by atoms with Gasteiger partial charge in [-0.3, -0.25) is 9.59 Å². The first-order chi connectivity index (χ1) is 13.4. The third-order valence-electron chi connectivity index (χ3n) is 5.33. The van der Waals surface area contributed by atoms with Crippen LogP contribution in [0.3, 0.4) is 0 Å². The highest BCUT2D eigenvalue weighted by atomic mass is 16.6. The van der Waals surface area contributed by atoms with E-state index in [1.54, 1.807) is 36.9 Å². The lowest BCUT2D eigenvalue weighted by atomic mass is 9.89. The van der Waals surface area contributed by atoms with Gasteiger partial charge in [-0.2, -0.15) is 0 Å². The molecule has 6 heteroatoms. The zero-order valence-corrected chi connectivity index (χ0v) is 16.3. The Balaban J connectivity index is 1.54. The van der Waals surface area contributed by atoms with Crippen molar-refractivity contribution in [3.05, 3.63) is 48.0 Å². The van der Waals surface area contributed by atoms with Gasteiger partial charge in [-0.25, -0.2) is 0 Å². The molecule has 0 fully saturated rings. The van der Waals surface area contributed by atoms with E-state index in [9.17, 15) is 9.59 Å². The van der Waals surface area contributed by atoms with E-state index in [1.165, 1.54) is 0 Å². The first-order valence-electron chi connectivity index (χ1n) is 9.50. The first kappa shape index (κ1) is 18.3. The molecule has 2 aliphatic rings. The van der Waals surface area contributed by atoms with Gasteiger partial charge >= 0.3 is 0 Å². The predicted octanol–water partition coefficient (Wildman–Crippen LogP) is 3.40. The molecule has 2 aromatic rings. The molecule has 6 nitrogen and oxygen atoms in total. The van der Waals surface area contributed by atoms with Crippen LogP contribution in [0.5, 0.6) is 11.5 Å². The van der Waals surface area contributed by atoms with Gasteiger partial charge in [0.1, 0.15) is 18.6 Å². The van der Waals surface area contributed by atoms with E-state index in [0.717, 1.165) is 17.7 Å². The number of benzene rings is 2. The molecule has 0 spiro atoms. The zero-order chi connectivity index (χ0) is 19.9. The number of ether oxygens (including phenoxy) is 2. The second kappa shape index (κ2) is 6.86. The predicted molar refractivity (Wildman–Crippen MR) is 107 cm³/mol. The highest BCUT2D eigenvalue weighted by Crippen LogP contribution is 2.37. The van der Waals surface area contributed by atoms with Gasteiger partial charge in [0.05, 0.1) is 0 Å². The number of fused-ring (bicyclic) bond motifs is 2. The lowest BCUT2D eigenvalue weighted by Crippen LogP contribution is -2.49. The number of amides is 2. The van der Waals surface area contributed by atoms with E-state index in [2.05, 4.69) is 5.32 Å². The van der Waals surface area contributed by atoms with Gasteiger partial charge in [0, 0.05) is 23.5 Å². The van der Waals surface area contributed by atoms with Crippen molar-refractivity contribution in [2.24, 2.45) is 5.41 Å². The Kier molecular flexibility index (Phi) is 4.49. The maximum Gasteiger partial charge on any atom is 0.242 e. The Labute approximate surface area is 164 Å². The number of para-hydroxylation sites is 1. The smallest absolute Gasteiger partial charge is 0.242 e. The number of carbonyl (C=O) groups is 2. The minimum Gasteiger partial charge on any atom is -0.486 e. The number of rotatable bonds is 3. The maximum atomic E-state index is 13.3. The van der Waals surface area contributed by atoms with Crippen molar-refractivity contribution in [3.8, 4) is 11.5 Å². The largest absolute Gasteiger partial charge is 0.486 e. The topological polar surface area (TPSA) is 67.9 Å². The second-order valence-electron chi connectivity index (χ2n) is 7.79. The van der Waals surface area contributed by atoms with Gasteiger partial charge in [0.2, 0.25) is 11.8 Å². The second-order valence-corrected chi connectivity index (χ2v) is 7.79. The standard InChI is InChI=1S/C22H24N2O4/c1-14-12-15-6-4-5-7-17(15)24(14)21(26)22(2,3)20(25)23-16-8-9-18-19(13-16)28-11-10-27-18/h4-9,13-14H,10-12H2,1-3H3,(H,23,25). The van der Waals surface area contributed by atoms with E-state index in [-0.39, 0.29) is 17.9 Å². The minimum atomic E-state index is -1.22. The van der Waals surface area contributed by atoms with Crippen LogP contribution in [-0.2, 0) is 16.0 Å². The summed E-state index contributed by atoms with van der Waals surface area (Å²) in [6.45, 7) is 6.32. The zero-order valence-electron chi connectivity index (χ0n) is 16.3. The first-order valence-corrected chi connectivity index (χ1v) is 9.50. The van der Waals surface area contributed by atoms with Crippen LogP contribution in [-0.4, -0.2) is 31.1 Å². The molecule has 0 aliphatic carbocycles. The SMILES string of the molecule is CC1Cc2ccccc2N1C(=O)C(C)(C)C(=O)Nc1ccc2c(c1)OCCO2. The molecule has 2 heterocycles. The van der Waals surface area contributed by atoms with E-state index >= 15 is 0 Å². The highest BCUT2D eigenvalue weighted by molar-refractivity contribution is 6.15. The summed E-state index contributed by atoms with van der Waals surface area (Å²) < 4.78 is 11.1. The average molecular weight is 380 g/mol. The summed E-state index contributed by atoms with van der Waals surface area (Å²) in [7, 11) is 0. The quantitative estimate of drug-likeness (QED) is 0.829. The molecule has 0 bridgehead atoms. The highest BCUT2D eigenvalue weighted by Gasteiger charge is 2.43. The van der Waals surface area contributed by atoms with Crippen molar-refractivity contribution in [2.45, 2.75) is 33.2 Å². The average Bonchev–Trinajstić information content (AvgIpc) is 3.02. The fourth-order valence-electron chi connectivity index (χ4n) is 3.68. The fourth-order valence-corrected chi connectivity index (χ4v) is 3.68. The lowest BCUT2D eigenvalue weighted by molar-refractivity contribution is -0.136. The number of anilines is 2. The van der Waals surface area contributed by atoms with Crippen LogP contribution in [0, 0.1) is 5.41 Å². The van der Waals surface area contributed by atoms with Crippen LogP contribution >= 0.6 is 0 Å². The van der Waals surface area contributed by atoms with Gasteiger partial charge in [-0.05, 0) is 51.0 Å². The van der Waals surface area contributed by atoms with Crippen LogP contribution in [0.25, 0.3) is 0 Å². The summed E-state index contributed by atoms with van der Waals surface area (Å²) in [5, 5.41) is 2.85. The molecule has 2 amide bonds. The number of hydrogen-bond donors (Lipinski definition) is 1. The minimum absolute atomic E-state index is 0.0197. The Morgan fingerprint density at radius 1 is 1.07 bits per heavy atom.